The number of Topliss-reactive ketones (excluding diaryl/α,β-unsaturated/α-hetero) is 1. The van der Waals surface area contributed by atoms with Gasteiger partial charge < -0.3 is 20.5 Å². The van der Waals surface area contributed by atoms with E-state index in [0.29, 0.717) is 19.3 Å². The van der Waals surface area contributed by atoms with E-state index in [2.05, 4.69) is 5.32 Å². The third-order valence-corrected chi connectivity index (χ3v) is 4.54. The Morgan fingerprint density at radius 2 is 1.74 bits per heavy atom. The third kappa shape index (κ3) is 9.17. The van der Waals surface area contributed by atoms with Crippen molar-refractivity contribution in [1.82, 2.24) is 5.32 Å². The van der Waals surface area contributed by atoms with Crippen LogP contribution in [0.2, 0.25) is 0 Å². The Morgan fingerprint density at radius 1 is 1.11 bits per heavy atom. The van der Waals surface area contributed by atoms with Crippen LogP contribution >= 0.6 is 0 Å². The van der Waals surface area contributed by atoms with Gasteiger partial charge in [0.05, 0.1) is 18.0 Å². The summed E-state index contributed by atoms with van der Waals surface area (Å²) in [5, 5.41) is 31.4. The molecule has 1 aromatic carbocycles. The van der Waals surface area contributed by atoms with Gasteiger partial charge in [0.2, 0.25) is 5.91 Å². The number of benzene rings is 1. The van der Waals surface area contributed by atoms with Crippen molar-refractivity contribution in [3.63, 3.8) is 0 Å². The van der Waals surface area contributed by atoms with Gasteiger partial charge in [0.25, 0.3) is 0 Å². The quantitative estimate of drug-likeness (QED) is 0.413. The van der Waals surface area contributed by atoms with Crippen molar-refractivity contribution in [2.24, 2.45) is 11.8 Å². The number of carbonyl (C=O) groups is 2. The summed E-state index contributed by atoms with van der Waals surface area (Å²) >= 11 is 0. The minimum absolute atomic E-state index is 0.0613. The second kappa shape index (κ2) is 11.9. The topological polar surface area (TPSA) is 107 Å². The maximum Gasteiger partial charge on any atom is 0.475 e. The first-order valence-electron chi connectivity index (χ1n) is 9.61. The molecule has 0 aliphatic heterocycles. The number of amides is 1. The maximum atomic E-state index is 12.5. The minimum Gasteiger partial charge on any atom is -0.426 e. The van der Waals surface area contributed by atoms with E-state index in [1.54, 1.807) is 0 Å². The van der Waals surface area contributed by atoms with Gasteiger partial charge in [-0.2, -0.15) is 0 Å². The molecule has 1 amide bonds. The van der Waals surface area contributed by atoms with Crippen LogP contribution in [-0.4, -0.2) is 46.0 Å². The lowest BCUT2D eigenvalue weighted by Gasteiger charge is -2.24. The van der Waals surface area contributed by atoms with Crippen LogP contribution in [0.15, 0.2) is 30.3 Å². The predicted octanol–water partition coefficient (Wildman–Crippen LogP) is 1.51. The Hall–Kier alpha value is -1.70. The van der Waals surface area contributed by atoms with Crippen LogP contribution in [0.3, 0.4) is 0 Å². The molecule has 0 heterocycles. The van der Waals surface area contributed by atoms with Crippen LogP contribution in [0.5, 0.6) is 0 Å². The molecule has 0 saturated heterocycles. The summed E-state index contributed by atoms with van der Waals surface area (Å²) in [7, 11) is -1.69. The number of aliphatic hydroxyl groups is 1. The number of aryl methyl sites for hydroxylation is 1. The Labute approximate surface area is 162 Å². The normalized spacial score (nSPS) is 14.5. The highest BCUT2D eigenvalue weighted by Crippen LogP contribution is 2.15. The number of ketones is 1. The Balaban J connectivity index is 2.55. The zero-order valence-corrected chi connectivity index (χ0v) is 16.5. The second-order valence-corrected chi connectivity index (χ2v) is 7.59. The highest BCUT2D eigenvalue weighted by atomic mass is 16.4. The van der Waals surface area contributed by atoms with Crippen LogP contribution in [0.4, 0.5) is 0 Å². The molecule has 1 aromatic rings. The Bertz CT molecular complexity index is 577. The molecule has 1 rings (SSSR count). The van der Waals surface area contributed by atoms with Crippen molar-refractivity contribution in [2.45, 2.75) is 64.9 Å². The molecular weight excluding hydrogens is 345 g/mol. The van der Waals surface area contributed by atoms with Crippen molar-refractivity contribution in [3.05, 3.63) is 35.9 Å². The van der Waals surface area contributed by atoms with Crippen LogP contribution < -0.4 is 5.32 Å². The number of hydrogen-bond donors (Lipinski definition) is 4. The van der Waals surface area contributed by atoms with Gasteiger partial charge in [-0.15, -0.1) is 0 Å². The molecular formula is C20H32BNO5. The maximum absolute atomic E-state index is 12.5. The fraction of sp³-hybridized carbons (Fsp3) is 0.600. The molecule has 0 aromatic heterocycles. The summed E-state index contributed by atoms with van der Waals surface area (Å²) in [6.07, 6.45) is 1.13. The molecule has 150 valence electrons. The van der Waals surface area contributed by atoms with Crippen molar-refractivity contribution in [3.8, 4) is 0 Å². The SMILES string of the molecule is CC(C)C[C@H](NC(=O)[C@@H](CC(=O)CCCc1ccccc1)[C@@H](C)O)B(O)O. The van der Waals surface area contributed by atoms with Gasteiger partial charge in [-0.25, -0.2) is 0 Å². The first kappa shape index (κ1) is 23.3. The third-order valence-electron chi connectivity index (χ3n) is 4.54. The average molecular weight is 377 g/mol. The molecule has 27 heavy (non-hydrogen) atoms. The van der Waals surface area contributed by atoms with Gasteiger partial charge in [-0.05, 0) is 37.7 Å². The first-order valence-corrected chi connectivity index (χ1v) is 9.61. The molecule has 0 saturated carbocycles. The van der Waals surface area contributed by atoms with Gasteiger partial charge in [-0.1, -0.05) is 44.2 Å². The molecule has 7 heteroatoms. The number of rotatable bonds is 12. The fourth-order valence-corrected chi connectivity index (χ4v) is 3.02. The van der Waals surface area contributed by atoms with Crippen LogP contribution in [0.25, 0.3) is 0 Å². The van der Waals surface area contributed by atoms with Gasteiger partial charge in [0.1, 0.15) is 5.78 Å². The van der Waals surface area contributed by atoms with Gasteiger partial charge in [0, 0.05) is 12.8 Å². The lowest BCUT2D eigenvalue weighted by molar-refractivity contribution is -0.133. The average Bonchev–Trinajstić information content (AvgIpc) is 2.59. The number of hydrogen-bond acceptors (Lipinski definition) is 5. The van der Waals surface area contributed by atoms with E-state index >= 15 is 0 Å². The summed E-state index contributed by atoms with van der Waals surface area (Å²) in [5.74, 6) is -2.19. The molecule has 0 fully saturated rings. The highest BCUT2D eigenvalue weighted by molar-refractivity contribution is 6.43. The smallest absolute Gasteiger partial charge is 0.426 e. The molecule has 6 nitrogen and oxygen atoms in total. The summed E-state index contributed by atoms with van der Waals surface area (Å²) in [4.78, 5) is 24.7. The van der Waals surface area contributed by atoms with E-state index < -0.39 is 31.0 Å². The molecule has 0 bridgehead atoms. The van der Waals surface area contributed by atoms with E-state index in [0.717, 1.165) is 12.0 Å². The molecule has 0 radical (unpaired) electrons. The lowest BCUT2D eigenvalue weighted by Crippen LogP contribution is -2.50. The summed E-state index contributed by atoms with van der Waals surface area (Å²) in [5.41, 5.74) is 1.16. The van der Waals surface area contributed by atoms with E-state index in [9.17, 15) is 24.7 Å². The fourth-order valence-electron chi connectivity index (χ4n) is 3.02. The molecule has 0 spiro atoms. The van der Waals surface area contributed by atoms with Crippen molar-refractivity contribution >= 4 is 18.8 Å². The summed E-state index contributed by atoms with van der Waals surface area (Å²) in [6, 6.07) is 9.86. The second-order valence-electron chi connectivity index (χ2n) is 7.59. The molecule has 0 unspecified atom stereocenters. The van der Waals surface area contributed by atoms with Gasteiger partial charge >= 0.3 is 7.12 Å². The van der Waals surface area contributed by atoms with Crippen LogP contribution in [0, 0.1) is 11.8 Å². The first-order chi connectivity index (χ1) is 12.7. The molecule has 3 atom stereocenters. The molecule has 4 N–H and O–H groups in total. The van der Waals surface area contributed by atoms with Gasteiger partial charge in [0.15, 0.2) is 0 Å². The standard InChI is InChI=1S/C20H32BNO5/c1-14(2)12-19(21(26)27)22-20(25)18(15(3)23)13-17(24)11-7-10-16-8-5-4-6-9-16/h4-6,8-9,14-15,18-19,23,26-27H,7,10-13H2,1-3H3,(H,22,25)/t15-,18+,19+/m1/s1. The van der Waals surface area contributed by atoms with Crippen LogP contribution in [0.1, 0.15) is 52.0 Å². The van der Waals surface area contributed by atoms with Gasteiger partial charge in [-0.3, -0.25) is 9.59 Å². The molecule has 0 aliphatic carbocycles. The highest BCUT2D eigenvalue weighted by Gasteiger charge is 2.32. The Morgan fingerprint density at radius 3 is 2.26 bits per heavy atom. The molecule has 0 aliphatic rings. The van der Waals surface area contributed by atoms with E-state index in [4.69, 9.17) is 0 Å². The van der Waals surface area contributed by atoms with Crippen LogP contribution in [-0.2, 0) is 16.0 Å². The number of aliphatic hydroxyl groups excluding tert-OH is 1. The zero-order chi connectivity index (χ0) is 20.4. The summed E-state index contributed by atoms with van der Waals surface area (Å²) < 4.78 is 0. The van der Waals surface area contributed by atoms with Crippen molar-refractivity contribution in [1.29, 1.82) is 0 Å². The van der Waals surface area contributed by atoms with Crippen molar-refractivity contribution in [2.75, 3.05) is 0 Å². The number of nitrogens with one attached hydrogen (secondary N) is 1. The Kier molecular flexibility index (Phi) is 10.3. The van der Waals surface area contributed by atoms with E-state index in [1.807, 2.05) is 44.2 Å². The minimum atomic E-state index is -1.69. The number of carbonyl (C=O) groups excluding carboxylic acids is 2. The van der Waals surface area contributed by atoms with E-state index in [-0.39, 0.29) is 18.1 Å². The lowest BCUT2D eigenvalue weighted by atomic mass is 9.74. The van der Waals surface area contributed by atoms with Crippen molar-refractivity contribution < 1.29 is 24.7 Å². The van der Waals surface area contributed by atoms with E-state index in [1.165, 1.54) is 6.92 Å². The largest absolute Gasteiger partial charge is 0.475 e. The zero-order valence-electron chi connectivity index (χ0n) is 16.5. The monoisotopic (exact) mass is 377 g/mol. The predicted molar refractivity (Wildman–Crippen MR) is 106 cm³/mol. The summed E-state index contributed by atoms with van der Waals surface area (Å²) in [6.45, 7) is 5.28.